The number of hydrogen-bond donors (Lipinski definition) is 0. The fourth-order valence-electron chi connectivity index (χ4n) is 3.94. The Morgan fingerprint density at radius 2 is 0.500 bits per heavy atom. The van der Waals surface area contributed by atoms with Gasteiger partial charge in [-0.3, -0.25) is 0 Å². The van der Waals surface area contributed by atoms with Crippen LogP contribution in [-0.4, -0.2) is 0 Å². The Morgan fingerprint density at radius 3 is 0.750 bits per heavy atom. The van der Waals surface area contributed by atoms with Gasteiger partial charge in [0.2, 0.25) is 0 Å². The minimum absolute atomic E-state index is 1.11. The van der Waals surface area contributed by atoms with Crippen LogP contribution in [0.4, 0.5) is 0 Å². The zero-order valence-electron chi connectivity index (χ0n) is 19.5. The molecule has 0 heterocycles. The summed E-state index contributed by atoms with van der Waals surface area (Å²) in [4.78, 5) is 0. The molecule has 0 saturated heterocycles. The largest absolute Gasteiger partial charge is 0.0885 e. The monoisotopic (exact) mass is 390 g/mol. The van der Waals surface area contributed by atoms with Crippen LogP contribution in [0.5, 0.6) is 0 Å². The van der Waals surface area contributed by atoms with Crippen molar-refractivity contribution in [1.82, 2.24) is 0 Å². The van der Waals surface area contributed by atoms with Crippen molar-refractivity contribution in [2.24, 2.45) is 0 Å². The molecule has 166 valence electrons. The second kappa shape index (κ2) is 26.7. The summed E-state index contributed by atoms with van der Waals surface area (Å²) in [5, 5.41) is 0. The number of hydrogen-bond acceptors (Lipinski definition) is 0. The molecule has 0 rings (SSSR count). The lowest BCUT2D eigenvalue weighted by atomic mass is 10.0. The second-order valence-electron chi connectivity index (χ2n) is 8.83. The van der Waals surface area contributed by atoms with Crippen LogP contribution >= 0.6 is 0 Å². The average molecular weight is 391 g/mol. The van der Waals surface area contributed by atoms with Crippen LogP contribution in [0.2, 0.25) is 0 Å². The molecule has 2 radical (unpaired) electrons. The molecule has 0 heteroatoms. The van der Waals surface area contributed by atoms with Gasteiger partial charge in [0.25, 0.3) is 0 Å². The predicted octanol–water partition coefficient (Wildman–Crippen LogP) is 10.6. The van der Waals surface area contributed by atoms with Gasteiger partial charge in [-0.15, -0.1) is 0 Å². The lowest BCUT2D eigenvalue weighted by molar-refractivity contribution is 0.531. The zero-order valence-corrected chi connectivity index (χ0v) is 19.5. The standard InChI is InChI=1S/C28H54/c1-3-5-7-9-11-13-15-17-19-21-23-25-27-28-26-24-22-20-18-16-14-12-10-8-6-4-2/h17,19H,1-16,18,20-28H2/b19-17+. The molecule has 0 aliphatic carbocycles. The van der Waals surface area contributed by atoms with Crippen molar-refractivity contribution < 1.29 is 0 Å². The molecule has 0 unspecified atom stereocenters. The first kappa shape index (κ1) is 27.7. The Bertz CT molecular complexity index is 278. The molecule has 0 aromatic heterocycles. The van der Waals surface area contributed by atoms with Crippen LogP contribution in [0.1, 0.15) is 154 Å². The topological polar surface area (TPSA) is 0 Å². The van der Waals surface area contributed by atoms with Crippen LogP contribution in [-0.2, 0) is 0 Å². The van der Waals surface area contributed by atoms with Gasteiger partial charge in [0.15, 0.2) is 0 Å². The molecule has 0 spiro atoms. The molecule has 28 heavy (non-hydrogen) atoms. The number of allylic oxidation sites excluding steroid dienone is 2. The highest BCUT2D eigenvalue weighted by atomic mass is 14.0. The molecular weight excluding hydrogens is 336 g/mol. The Hall–Kier alpha value is -0.260. The van der Waals surface area contributed by atoms with Gasteiger partial charge < -0.3 is 0 Å². The van der Waals surface area contributed by atoms with E-state index in [1.807, 2.05) is 0 Å². The van der Waals surface area contributed by atoms with E-state index in [4.69, 9.17) is 0 Å². The maximum atomic E-state index is 3.91. The van der Waals surface area contributed by atoms with Gasteiger partial charge in [0, 0.05) is 0 Å². The van der Waals surface area contributed by atoms with E-state index in [0.29, 0.717) is 0 Å². The van der Waals surface area contributed by atoms with Crippen LogP contribution < -0.4 is 0 Å². The number of rotatable bonds is 24. The third kappa shape index (κ3) is 25.7. The molecule has 0 N–H and O–H groups in total. The zero-order chi connectivity index (χ0) is 20.4. The summed E-state index contributed by atoms with van der Waals surface area (Å²) in [6, 6.07) is 0. The Labute approximate surface area is 180 Å². The molecular formula is C28H54. The molecule has 0 aromatic carbocycles. The van der Waals surface area contributed by atoms with Gasteiger partial charge in [0.1, 0.15) is 0 Å². The minimum Gasteiger partial charge on any atom is -0.0885 e. The fourth-order valence-corrected chi connectivity index (χ4v) is 3.94. The van der Waals surface area contributed by atoms with E-state index in [1.165, 1.54) is 141 Å². The maximum Gasteiger partial charge on any atom is -0.0351 e. The first-order valence-corrected chi connectivity index (χ1v) is 13.1. The van der Waals surface area contributed by atoms with E-state index >= 15 is 0 Å². The predicted molar refractivity (Wildman–Crippen MR) is 131 cm³/mol. The van der Waals surface area contributed by atoms with Gasteiger partial charge in [-0.05, 0) is 25.7 Å². The van der Waals surface area contributed by atoms with Crippen LogP contribution in [0.25, 0.3) is 0 Å². The average Bonchev–Trinajstić information content (AvgIpc) is 2.71. The Balaban J connectivity index is 3.03. The first-order valence-electron chi connectivity index (χ1n) is 13.1. The number of unbranched alkanes of at least 4 members (excludes halogenated alkanes) is 22. The van der Waals surface area contributed by atoms with Crippen molar-refractivity contribution >= 4 is 0 Å². The van der Waals surface area contributed by atoms with E-state index in [2.05, 4.69) is 26.0 Å². The van der Waals surface area contributed by atoms with Crippen molar-refractivity contribution in [3.63, 3.8) is 0 Å². The molecule has 0 atom stereocenters. The summed E-state index contributed by atoms with van der Waals surface area (Å²) in [6.07, 6.45) is 38.2. The summed E-state index contributed by atoms with van der Waals surface area (Å²) in [5.41, 5.74) is 0. The lowest BCUT2D eigenvalue weighted by Gasteiger charge is -2.03. The van der Waals surface area contributed by atoms with Crippen LogP contribution in [0.15, 0.2) is 12.2 Å². The highest BCUT2D eigenvalue weighted by Gasteiger charge is 1.94. The van der Waals surface area contributed by atoms with E-state index < -0.39 is 0 Å². The summed E-state index contributed by atoms with van der Waals surface area (Å²) in [7, 11) is 0. The molecule has 0 fully saturated rings. The maximum absolute atomic E-state index is 3.91. The van der Waals surface area contributed by atoms with Gasteiger partial charge in [-0.25, -0.2) is 0 Å². The highest BCUT2D eigenvalue weighted by Crippen LogP contribution is 2.14. The van der Waals surface area contributed by atoms with Crippen molar-refractivity contribution in [3.8, 4) is 0 Å². The molecule has 0 aliphatic rings. The summed E-state index contributed by atoms with van der Waals surface area (Å²) >= 11 is 0. The van der Waals surface area contributed by atoms with Crippen molar-refractivity contribution in [2.45, 2.75) is 154 Å². The second-order valence-corrected chi connectivity index (χ2v) is 8.83. The van der Waals surface area contributed by atoms with Crippen LogP contribution in [0.3, 0.4) is 0 Å². The van der Waals surface area contributed by atoms with Crippen LogP contribution in [0, 0.1) is 13.8 Å². The van der Waals surface area contributed by atoms with Crippen molar-refractivity contribution in [1.29, 1.82) is 0 Å². The third-order valence-corrected chi connectivity index (χ3v) is 5.91. The van der Waals surface area contributed by atoms with Gasteiger partial charge in [-0.1, -0.05) is 154 Å². The molecule has 0 nitrogen and oxygen atoms in total. The van der Waals surface area contributed by atoms with Gasteiger partial charge >= 0.3 is 0 Å². The van der Waals surface area contributed by atoms with E-state index in [0.717, 1.165) is 12.8 Å². The van der Waals surface area contributed by atoms with E-state index in [1.54, 1.807) is 0 Å². The highest BCUT2D eigenvalue weighted by molar-refractivity contribution is 4.81. The summed E-state index contributed by atoms with van der Waals surface area (Å²) in [6.45, 7) is 7.81. The quantitative estimate of drug-likeness (QED) is 0.113. The smallest absolute Gasteiger partial charge is 0.0351 e. The van der Waals surface area contributed by atoms with E-state index in [9.17, 15) is 0 Å². The fraction of sp³-hybridized carbons (Fsp3) is 0.857. The minimum atomic E-state index is 1.11. The first-order chi connectivity index (χ1) is 13.9. The van der Waals surface area contributed by atoms with Crippen molar-refractivity contribution in [2.75, 3.05) is 0 Å². The molecule has 0 saturated carbocycles. The summed E-state index contributed by atoms with van der Waals surface area (Å²) < 4.78 is 0. The van der Waals surface area contributed by atoms with Gasteiger partial charge in [0.05, 0.1) is 0 Å². The normalized spacial score (nSPS) is 11.6. The molecule has 0 aliphatic heterocycles. The lowest BCUT2D eigenvalue weighted by Crippen LogP contribution is -1.83. The third-order valence-electron chi connectivity index (χ3n) is 5.91. The molecule has 0 amide bonds. The van der Waals surface area contributed by atoms with Gasteiger partial charge in [-0.2, -0.15) is 0 Å². The van der Waals surface area contributed by atoms with Crippen molar-refractivity contribution in [3.05, 3.63) is 26.0 Å². The summed E-state index contributed by atoms with van der Waals surface area (Å²) in [5.74, 6) is 0. The Kier molecular flexibility index (Phi) is 26.5. The van der Waals surface area contributed by atoms with E-state index in [-0.39, 0.29) is 0 Å². The molecule has 0 aromatic rings. The Morgan fingerprint density at radius 1 is 0.286 bits per heavy atom. The molecule has 0 bridgehead atoms. The SMILES string of the molecule is [CH2]CCCCCCC/C=C/CCCCCCCCCCCCCCCCC[CH2].